The number of carbonyl (C=O) groups is 1. The lowest BCUT2D eigenvalue weighted by atomic mass is 10.1. The van der Waals surface area contributed by atoms with Crippen molar-refractivity contribution < 1.29 is 14.3 Å². The molecule has 1 unspecified atom stereocenters. The molecule has 4 nitrogen and oxygen atoms in total. The minimum absolute atomic E-state index is 0.274. The smallest absolute Gasteiger partial charge is 0.327 e. The maximum absolute atomic E-state index is 10.8. The van der Waals surface area contributed by atoms with E-state index in [2.05, 4.69) is 11.3 Å². The first-order chi connectivity index (χ1) is 5.13. The Kier molecular flexibility index (Phi) is 4.49. The number of carbonyl (C=O) groups excluding carboxylic acids is 1. The van der Waals surface area contributed by atoms with Crippen molar-refractivity contribution in [3.8, 4) is 0 Å². The summed E-state index contributed by atoms with van der Waals surface area (Å²) in [5.41, 5.74) is 5.92. The molecule has 0 bridgehead atoms. The zero-order valence-electron chi connectivity index (χ0n) is 6.79. The Labute approximate surface area is 66.0 Å². The van der Waals surface area contributed by atoms with E-state index in [0.29, 0.717) is 5.57 Å². The first kappa shape index (κ1) is 10.1. The lowest BCUT2D eigenvalue weighted by Crippen LogP contribution is -2.34. The second kappa shape index (κ2) is 4.87. The van der Waals surface area contributed by atoms with E-state index in [-0.39, 0.29) is 6.61 Å². The van der Waals surface area contributed by atoms with Gasteiger partial charge in [-0.1, -0.05) is 6.58 Å². The van der Waals surface area contributed by atoms with Crippen molar-refractivity contribution in [2.45, 2.75) is 6.04 Å². The minimum Gasteiger partial charge on any atom is -0.468 e. The summed E-state index contributed by atoms with van der Waals surface area (Å²) in [6, 6.07) is -0.778. The molecule has 0 rings (SSSR count). The largest absolute Gasteiger partial charge is 0.468 e. The summed E-state index contributed by atoms with van der Waals surface area (Å²) in [5.74, 6) is -0.493. The minimum atomic E-state index is -0.778. The quantitative estimate of drug-likeness (QED) is 0.451. The fraction of sp³-hybridized carbons (Fsp3) is 0.571. The van der Waals surface area contributed by atoms with Crippen LogP contribution < -0.4 is 5.73 Å². The summed E-state index contributed by atoms with van der Waals surface area (Å²) in [6.07, 6.45) is 0. The average Bonchev–Trinajstić information content (AvgIpc) is 2.02. The predicted molar refractivity (Wildman–Crippen MR) is 41.0 cm³/mol. The van der Waals surface area contributed by atoms with Crippen LogP contribution in [0.3, 0.4) is 0 Å². The van der Waals surface area contributed by atoms with Gasteiger partial charge in [0.25, 0.3) is 0 Å². The number of hydrogen-bond donors (Lipinski definition) is 1. The molecule has 0 saturated carbocycles. The maximum atomic E-state index is 10.8. The molecule has 0 amide bonds. The number of ether oxygens (including phenoxy) is 2. The van der Waals surface area contributed by atoms with E-state index >= 15 is 0 Å². The first-order valence-electron chi connectivity index (χ1n) is 3.13. The van der Waals surface area contributed by atoms with Gasteiger partial charge >= 0.3 is 5.97 Å². The van der Waals surface area contributed by atoms with Crippen LogP contribution in [-0.4, -0.2) is 32.8 Å². The van der Waals surface area contributed by atoms with E-state index in [0.717, 1.165) is 0 Å². The molecule has 0 spiro atoms. The number of hydrogen-bond acceptors (Lipinski definition) is 4. The summed E-state index contributed by atoms with van der Waals surface area (Å²) in [5, 5.41) is 0. The molecule has 4 heteroatoms. The van der Waals surface area contributed by atoms with Crippen molar-refractivity contribution in [1.29, 1.82) is 0 Å². The molecule has 64 valence electrons. The van der Waals surface area contributed by atoms with Crippen LogP contribution in [0.25, 0.3) is 0 Å². The van der Waals surface area contributed by atoms with Gasteiger partial charge in [0.15, 0.2) is 0 Å². The SMILES string of the molecule is C=C(COC)C(N)C(=O)OC. The van der Waals surface area contributed by atoms with Crippen molar-refractivity contribution in [3.05, 3.63) is 12.2 Å². The highest BCUT2D eigenvalue weighted by molar-refractivity contribution is 5.78. The molecule has 0 heterocycles. The summed E-state index contributed by atoms with van der Waals surface area (Å²) >= 11 is 0. The number of esters is 1. The van der Waals surface area contributed by atoms with Crippen LogP contribution in [0.15, 0.2) is 12.2 Å². The van der Waals surface area contributed by atoms with E-state index in [1.54, 1.807) is 0 Å². The third kappa shape index (κ3) is 3.15. The van der Waals surface area contributed by atoms with Gasteiger partial charge in [0.05, 0.1) is 13.7 Å². The van der Waals surface area contributed by atoms with E-state index in [4.69, 9.17) is 10.5 Å². The zero-order valence-corrected chi connectivity index (χ0v) is 6.79. The predicted octanol–water partition coefficient (Wildman–Crippen LogP) is -0.311. The first-order valence-corrected chi connectivity index (χ1v) is 3.13. The van der Waals surface area contributed by atoms with Gasteiger partial charge in [0.2, 0.25) is 0 Å². The molecule has 11 heavy (non-hydrogen) atoms. The van der Waals surface area contributed by atoms with Crippen LogP contribution in [0.1, 0.15) is 0 Å². The van der Waals surface area contributed by atoms with Gasteiger partial charge in [-0.15, -0.1) is 0 Å². The van der Waals surface area contributed by atoms with E-state index < -0.39 is 12.0 Å². The lowest BCUT2D eigenvalue weighted by Gasteiger charge is -2.10. The third-order valence-electron chi connectivity index (χ3n) is 1.22. The van der Waals surface area contributed by atoms with Gasteiger partial charge in [0.1, 0.15) is 6.04 Å². The fourth-order valence-electron chi connectivity index (χ4n) is 0.569. The number of nitrogens with two attached hydrogens (primary N) is 1. The highest BCUT2D eigenvalue weighted by Gasteiger charge is 2.16. The standard InChI is InChI=1S/C7H13NO3/c1-5(4-10-2)6(8)7(9)11-3/h6H,1,4,8H2,2-3H3. The van der Waals surface area contributed by atoms with Gasteiger partial charge in [-0.25, -0.2) is 0 Å². The van der Waals surface area contributed by atoms with Crippen molar-refractivity contribution in [1.82, 2.24) is 0 Å². The molecule has 0 aliphatic carbocycles. The summed E-state index contributed by atoms with van der Waals surface area (Å²) < 4.78 is 9.13. The molecule has 0 saturated heterocycles. The van der Waals surface area contributed by atoms with E-state index in [1.807, 2.05) is 0 Å². The molecule has 1 atom stereocenters. The molecule has 0 fully saturated rings. The molecule has 0 radical (unpaired) electrons. The molecule has 2 N–H and O–H groups in total. The molecular formula is C7H13NO3. The second-order valence-corrected chi connectivity index (χ2v) is 2.09. The van der Waals surface area contributed by atoms with Crippen molar-refractivity contribution in [3.63, 3.8) is 0 Å². The molecular weight excluding hydrogens is 146 g/mol. The van der Waals surface area contributed by atoms with Crippen LogP contribution in [-0.2, 0) is 14.3 Å². The highest BCUT2D eigenvalue weighted by Crippen LogP contribution is 1.98. The maximum Gasteiger partial charge on any atom is 0.327 e. The Balaban J connectivity index is 3.91. The Morgan fingerprint density at radius 2 is 2.18 bits per heavy atom. The monoisotopic (exact) mass is 159 g/mol. The molecule has 0 aromatic rings. The molecule has 0 aliphatic rings. The van der Waals surface area contributed by atoms with E-state index in [9.17, 15) is 4.79 Å². The van der Waals surface area contributed by atoms with Gasteiger partial charge in [0, 0.05) is 7.11 Å². The van der Waals surface area contributed by atoms with Crippen LogP contribution in [0.5, 0.6) is 0 Å². The second-order valence-electron chi connectivity index (χ2n) is 2.09. The molecule has 0 aromatic heterocycles. The van der Waals surface area contributed by atoms with Crippen LogP contribution >= 0.6 is 0 Å². The average molecular weight is 159 g/mol. The summed E-state index contributed by atoms with van der Waals surface area (Å²) in [4.78, 5) is 10.8. The number of rotatable bonds is 4. The van der Waals surface area contributed by atoms with Gasteiger partial charge in [-0.3, -0.25) is 4.79 Å². The van der Waals surface area contributed by atoms with Gasteiger partial charge < -0.3 is 15.2 Å². The normalized spacial score (nSPS) is 12.3. The van der Waals surface area contributed by atoms with Gasteiger partial charge in [-0.05, 0) is 5.57 Å². The highest BCUT2D eigenvalue weighted by atomic mass is 16.5. The van der Waals surface area contributed by atoms with Crippen molar-refractivity contribution >= 4 is 5.97 Å². The Bertz CT molecular complexity index is 156. The lowest BCUT2D eigenvalue weighted by molar-refractivity contribution is -0.141. The zero-order chi connectivity index (χ0) is 8.85. The topological polar surface area (TPSA) is 61.5 Å². The van der Waals surface area contributed by atoms with Crippen molar-refractivity contribution in [2.24, 2.45) is 5.73 Å². The van der Waals surface area contributed by atoms with Crippen LogP contribution in [0.4, 0.5) is 0 Å². The Morgan fingerprint density at radius 1 is 1.64 bits per heavy atom. The van der Waals surface area contributed by atoms with Crippen molar-refractivity contribution in [2.75, 3.05) is 20.8 Å². The Hall–Kier alpha value is -0.870. The molecule has 0 aliphatic heterocycles. The third-order valence-corrected chi connectivity index (χ3v) is 1.22. The molecule has 0 aromatic carbocycles. The summed E-state index contributed by atoms with van der Waals surface area (Å²) in [7, 11) is 2.79. The fourth-order valence-corrected chi connectivity index (χ4v) is 0.569. The van der Waals surface area contributed by atoms with E-state index in [1.165, 1.54) is 14.2 Å². The number of methoxy groups -OCH3 is 2. The van der Waals surface area contributed by atoms with Crippen LogP contribution in [0, 0.1) is 0 Å². The summed E-state index contributed by atoms with van der Waals surface area (Å²) in [6.45, 7) is 3.84. The Morgan fingerprint density at radius 3 is 2.55 bits per heavy atom. The van der Waals surface area contributed by atoms with Crippen LogP contribution in [0.2, 0.25) is 0 Å². The van der Waals surface area contributed by atoms with Gasteiger partial charge in [-0.2, -0.15) is 0 Å².